The third-order valence-electron chi connectivity index (χ3n) is 3.45. The molecule has 0 radical (unpaired) electrons. The monoisotopic (exact) mass is 380 g/mol. The number of benzene rings is 3. The van der Waals surface area contributed by atoms with Gasteiger partial charge in [-0.1, -0.05) is 36.4 Å². The zero-order valence-corrected chi connectivity index (χ0v) is 15.8. The Bertz CT molecular complexity index is 816. The molecule has 28 heavy (non-hydrogen) atoms. The predicted molar refractivity (Wildman–Crippen MR) is 112 cm³/mol. The maximum absolute atomic E-state index is 10.3. The van der Waals surface area contributed by atoms with E-state index in [1.54, 1.807) is 0 Å². The van der Waals surface area contributed by atoms with Crippen molar-refractivity contribution >= 4 is 23.3 Å². The van der Waals surface area contributed by atoms with Gasteiger partial charge >= 0.3 is 11.9 Å². The minimum Gasteiger partial charge on any atom is -0.478 e. The number of nitrogens with zero attached hydrogens (tertiary/aromatic N) is 1. The standard InChI is InChI=1S/C8H11N.C8H6O4.C6H7N/c1-9(2)8-6-4-3-5-7-8;9-7(10)5-1-2-6(4-3-5)8(11)12;7-6-4-2-1-3-5-6/h3-7H,1-2H3;1-4H,(H,9,10)(H,11,12);1-5H,7H2. The van der Waals surface area contributed by atoms with Crippen LogP contribution in [0.25, 0.3) is 0 Å². The average molecular weight is 380 g/mol. The first-order chi connectivity index (χ1) is 13.3. The second kappa shape index (κ2) is 11.7. The van der Waals surface area contributed by atoms with Crippen LogP contribution < -0.4 is 10.6 Å². The Morgan fingerprint density at radius 3 is 1.25 bits per heavy atom. The predicted octanol–water partition coefficient (Wildman–Crippen LogP) is 4.10. The quantitative estimate of drug-likeness (QED) is 0.591. The van der Waals surface area contributed by atoms with Crippen molar-refractivity contribution in [1.82, 2.24) is 0 Å². The van der Waals surface area contributed by atoms with E-state index in [2.05, 4.69) is 17.0 Å². The zero-order chi connectivity index (χ0) is 20.9. The fourth-order valence-corrected chi connectivity index (χ4v) is 1.93. The van der Waals surface area contributed by atoms with Gasteiger partial charge in [0.15, 0.2) is 0 Å². The van der Waals surface area contributed by atoms with Gasteiger partial charge in [0, 0.05) is 25.5 Å². The van der Waals surface area contributed by atoms with E-state index in [9.17, 15) is 9.59 Å². The van der Waals surface area contributed by atoms with Crippen LogP contribution in [-0.4, -0.2) is 36.2 Å². The van der Waals surface area contributed by atoms with E-state index in [4.69, 9.17) is 15.9 Å². The fourth-order valence-electron chi connectivity index (χ4n) is 1.93. The maximum Gasteiger partial charge on any atom is 0.335 e. The largest absolute Gasteiger partial charge is 0.478 e. The van der Waals surface area contributed by atoms with E-state index in [-0.39, 0.29) is 11.1 Å². The van der Waals surface area contributed by atoms with Gasteiger partial charge in [-0.05, 0) is 48.5 Å². The molecule has 4 N–H and O–H groups in total. The van der Waals surface area contributed by atoms with Crippen LogP contribution in [-0.2, 0) is 0 Å². The highest BCUT2D eigenvalue weighted by Crippen LogP contribution is 2.07. The lowest BCUT2D eigenvalue weighted by molar-refractivity contribution is 0.0681. The van der Waals surface area contributed by atoms with Crippen molar-refractivity contribution in [3.05, 3.63) is 96.1 Å². The molecule has 3 rings (SSSR count). The van der Waals surface area contributed by atoms with Crippen molar-refractivity contribution in [3.63, 3.8) is 0 Å². The molecule has 0 heterocycles. The van der Waals surface area contributed by atoms with Crippen molar-refractivity contribution in [2.45, 2.75) is 0 Å². The number of carboxylic acid groups (broad SMARTS) is 2. The molecule has 3 aromatic carbocycles. The smallest absolute Gasteiger partial charge is 0.335 e. The highest BCUT2D eigenvalue weighted by Gasteiger charge is 2.04. The van der Waals surface area contributed by atoms with Crippen molar-refractivity contribution in [2.24, 2.45) is 0 Å². The second-order valence-corrected chi connectivity index (χ2v) is 5.83. The topological polar surface area (TPSA) is 104 Å². The molecule has 6 nitrogen and oxygen atoms in total. The van der Waals surface area contributed by atoms with Crippen molar-refractivity contribution in [1.29, 1.82) is 0 Å². The molecule has 0 fully saturated rings. The molecule has 0 unspecified atom stereocenters. The molecule has 0 spiro atoms. The van der Waals surface area contributed by atoms with Gasteiger partial charge in [0.2, 0.25) is 0 Å². The molecule has 0 atom stereocenters. The summed E-state index contributed by atoms with van der Waals surface area (Å²) < 4.78 is 0. The molecule has 0 saturated carbocycles. The molecule has 0 aliphatic heterocycles. The normalized spacial score (nSPS) is 9.07. The minimum absolute atomic E-state index is 0.0833. The minimum atomic E-state index is -1.06. The highest BCUT2D eigenvalue weighted by molar-refractivity contribution is 5.91. The van der Waals surface area contributed by atoms with Crippen molar-refractivity contribution < 1.29 is 19.8 Å². The third kappa shape index (κ3) is 8.53. The van der Waals surface area contributed by atoms with E-state index in [0.717, 1.165) is 5.69 Å². The molecule has 0 amide bonds. The molecule has 0 aromatic heterocycles. The Morgan fingerprint density at radius 2 is 1.04 bits per heavy atom. The lowest BCUT2D eigenvalue weighted by Crippen LogP contribution is -2.07. The van der Waals surface area contributed by atoms with Crippen LogP contribution in [0, 0.1) is 0 Å². The first-order valence-corrected chi connectivity index (χ1v) is 8.40. The Labute approximate surface area is 164 Å². The van der Waals surface area contributed by atoms with Crippen LogP contribution in [0.5, 0.6) is 0 Å². The van der Waals surface area contributed by atoms with E-state index >= 15 is 0 Å². The summed E-state index contributed by atoms with van der Waals surface area (Å²) in [7, 11) is 4.07. The summed E-state index contributed by atoms with van der Waals surface area (Å²) >= 11 is 0. The van der Waals surface area contributed by atoms with Crippen LogP contribution in [0.15, 0.2) is 84.9 Å². The number of anilines is 2. The molecule has 6 heteroatoms. The molecular formula is C22H24N2O4. The Balaban J connectivity index is 0.000000218. The van der Waals surface area contributed by atoms with Crippen molar-refractivity contribution in [3.8, 4) is 0 Å². The van der Waals surface area contributed by atoms with Gasteiger partial charge in [0.1, 0.15) is 0 Å². The van der Waals surface area contributed by atoms with Gasteiger partial charge in [-0.25, -0.2) is 9.59 Å². The number of carbonyl (C=O) groups is 2. The van der Waals surface area contributed by atoms with Crippen LogP contribution in [0.2, 0.25) is 0 Å². The summed E-state index contributed by atoms with van der Waals surface area (Å²) in [6.07, 6.45) is 0. The number of aromatic carboxylic acids is 2. The van der Waals surface area contributed by atoms with E-state index in [1.807, 2.05) is 62.6 Å². The lowest BCUT2D eigenvalue weighted by atomic mass is 10.1. The number of nitrogen functional groups attached to an aromatic ring is 1. The first kappa shape index (κ1) is 22.2. The van der Waals surface area contributed by atoms with Gasteiger partial charge in [0.05, 0.1) is 11.1 Å². The third-order valence-corrected chi connectivity index (χ3v) is 3.45. The summed E-state index contributed by atoms with van der Waals surface area (Å²) in [6.45, 7) is 0. The van der Waals surface area contributed by atoms with Crippen molar-refractivity contribution in [2.75, 3.05) is 24.7 Å². The van der Waals surface area contributed by atoms with Crippen LogP contribution >= 0.6 is 0 Å². The zero-order valence-electron chi connectivity index (χ0n) is 15.8. The molecule has 3 aromatic rings. The summed E-state index contributed by atoms with van der Waals surface area (Å²) in [4.78, 5) is 22.8. The molecule has 0 bridgehead atoms. The van der Waals surface area contributed by atoms with E-state index in [0.29, 0.717) is 0 Å². The molecule has 146 valence electrons. The second-order valence-electron chi connectivity index (χ2n) is 5.83. The number of nitrogens with two attached hydrogens (primary N) is 1. The SMILES string of the molecule is CN(C)c1ccccc1.Nc1ccccc1.O=C(O)c1ccc(C(=O)O)cc1. The average Bonchev–Trinajstić information content (AvgIpc) is 2.70. The number of carboxylic acids is 2. The molecule has 0 saturated heterocycles. The summed E-state index contributed by atoms with van der Waals surface area (Å²) in [6, 6.07) is 24.8. The number of hydrogen-bond acceptors (Lipinski definition) is 4. The van der Waals surface area contributed by atoms with Gasteiger partial charge in [-0.3, -0.25) is 0 Å². The number of hydrogen-bond donors (Lipinski definition) is 3. The van der Waals surface area contributed by atoms with E-state index < -0.39 is 11.9 Å². The summed E-state index contributed by atoms with van der Waals surface area (Å²) in [5.74, 6) is -2.13. The van der Waals surface area contributed by atoms with Gasteiger partial charge in [-0.15, -0.1) is 0 Å². The van der Waals surface area contributed by atoms with E-state index in [1.165, 1.54) is 30.0 Å². The number of rotatable bonds is 3. The van der Waals surface area contributed by atoms with Crippen LogP contribution in [0.3, 0.4) is 0 Å². The molecule has 0 aliphatic carbocycles. The summed E-state index contributed by atoms with van der Waals surface area (Å²) in [5.41, 5.74) is 7.59. The lowest BCUT2D eigenvalue weighted by Gasteiger charge is -2.10. The van der Waals surface area contributed by atoms with Gasteiger partial charge in [-0.2, -0.15) is 0 Å². The molecule has 0 aliphatic rings. The Hall–Kier alpha value is -3.80. The fraction of sp³-hybridized carbons (Fsp3) is 0.0909. The first-order valence-electron chi connectivity index (χ1n) is 8.40. The Morgan fingerprint density at radius 1 is 0.679 bits per heavy atom. The van der Waals surface area contributed by atoms with Gasteiger partial charge < -0.3 is 20.8 Å². The number of para-hydroxylation sites is 2. The highest BCUT2D eigenvalue weighted by atomic mass is 16.4. The maximum atomic E-state index is 10.3. The Kier molecular flexibility index (Phi) is 9.33. The van der Waals surface area contributed by atoms with Crippen LogP contribution in [0.4, 0.5) is 11.4 Å². The van der Waals surface area contributed by atoms with Crippen LogP contribution in [0.1, 0.15) is 20.7 Å². The van der Waals surface area contributed by atoms with Gasteiger partial charge in [0.25, 0.3) is 0 Å². The molecular weight excluding hydrogens is 356 g/mol. The summed E-state index contributed by atoms with van der Waals surface area (Å²) in [5, 5.41) is 16.9.